The topological polar surface area (TPSA) is 86.7 Å². The van der Waals surface area contributed by atoms with Crippen LogP contribution in [0, 0.1) is 11.3 Å². The molecule has 2 N–H and O–H groups in total. The van der Waals surface area contributed by atoms with Crippen LogP contribution in [0.1, 0.15) is 76.2 Å². The van der Waals surface area contributed by atoms with E-state index in [0.717, 1.165) is 24.0 Å². The molecule has 0 bridgehead atoms. The zero-order valence-corrected chi connectivity index (χ0v) is 21.6. The number of carbonyl (C=O) groups excluding carboxylic acids is 2. The van der Waals surface area contributed by atoms with E-state index in [-0.39, 0.29) is 36.2 Å². The molecular weight excluding hydrogens is 440 g/mol. The number of rotatable bonds is 7. The molecule has 6 heteroatoms. The van der Waals surface area contributed by atoms with Crippen molar-refractivity contribution < 1.29 is 19.5 Å². The Morgan fingerprint density at radius 1 is 1.14 bits per heavy atom. The van der Waals surface area contributed by atoms with Crippen LogP contribution in [0.3, 0.4) is 0 Å². The van der Waals surface area contributed by atoms with E-state index in [1.807, 2.05) is 17.0 Å². The van der Waals surface area contributed by atoms with Crippen LogP contribution in [-0.4, -0.2) is 40.4 Å². The van der Waals surface area contributed by atoms with Gasteiger partial charge < -0.3 is 15.3 Å². The van der Waals surface area contributed by atoms with E-state index < -0.39 is 5.97 Å². The number of aliphatic carboxylic acids is 1. The number of allylic oxidation sites excluding steroid dienone is 4. The third-order valence-corrected chi connectivity index (χ3v) is 6.82. The summed E-state index contributed by atoms with van der Waals surface area (Å²) in [4.78, 5) is 38.1. The van der Waals surface area contributed by atoms with Gasteiger partial charge in [-0.25, -0.2) is 0 Å². The molecule has 1 saturated heterocycles. The van der Waals surface area contributed by atoms with Crippen molar-refractivity contribution in [2.75, 3.05) is 6.54 Å². The lowest BCUT2D eigenvalue weighted by Crippen LogP contribution is -2.47. The van der Waals surface area contributed by atoms with Crippen LogP contribution in [0.5, 0.6) is 0 Å². The molecule has 1 aromatic carbocycles. The second-order valence-corrected chi connectivity index (χ2v) is 10.9. The van der Waals surface area contributed by atoms with Crippen LogP contribution in [0.25, 0.3) is 0 Å². The summed E-state index contributed by atoms with van der Waals surface area (Å²) in [6.07, 6.45) is 8.89. The number of carboxylic acid groups (broad SMARTS) is 1. The summed E-state index contributed by atoms with van der Waals surface area (Å²) in [7, 11) is 0. The minimum absolute atomic E-state index is 0.0608. The van der Waals surface area contributed by atoms with Gasteiger partial charge in [-0.1, -0.05) is 56.7 Å². The quantitative estimate of drug-likeness (QED) is 0.559. The third kappa shape index (κ3) is 6.93. The smallest absolute Gasteiger partial charge is 0.305 e. The molecule has 2 atom stereocenters. The van der Waals surface area contributed by atoms with Crippen molar-refractivity contribution in [1.82, 2.24) is 10.2 Å². The van der Waals surface area contributed by atoms with Crippen molar-refractivity contribution in [3.8, 4) is 0 Å². The van der Waals surface area contributed by atoms with Gasteiger partial charge in [-0.2, -0.15) is 0 Å². The molecule has 1 fully saturated rings. The van der Waals surface area contributed by atoms with Crippen LogP contribution < -0.4 is 5.32 Å². The molecule has 0 saturated carbocycles. The Morgan fingerprint density at radius 3 is 2.43 bits per heavy atom. The fourth-order valence-corrected chi connectivity index (χ4v) is 4.74. The first-order valence-electron chi connectivity index (χ1n) is 12.4. The lowest BCUT2D eigenvalue weighted by Gasteiger charge is -2.44. The van der Waals surface area contributed by atoms with Gasteiger partial charge in [-0.15, -0.1) is 0 Å². The van der Waals surface area contributed by atoms with Gasteiger partial charge in [0.15, 0.2) is 0 Å². The molecule has 2 aliphatic rings. The van der Waals surface area contributed by atoms with Gasteiger partial charge in [0.05, 0.1) is 18.9 Å². The monoisotopic (exact) mass is 478 g/mol. The highest BCUT2D eigenvalue weighted by molar-refractivity contribution is 5.94. The predicted molar refractivity (Wildman–Crippen MR) is 138 cm³/mol. The maximum atomic E-state index is 13.3. The summed E-state index contributed by atoms with van der Waals surface area (Å²) in [5, 5.41) is 11.3. The van der Waals surface area contributed by atoms with Crippen molar-refractivity contribution in [2.45, 2.75) is 72.9 Å². The molecule has 188 valence electrons. The second kappa shape index (κ2) is 11.1. The number of likely N-dealkylation sites (tertiary alicyclic amines) is 1. The van der Waals surface area contributed by atoms with Crippen LogP contribution in [0.2, 0.25) is 0 Å². The second-order valence-electron chi connectivity index (χ2n) is 10.9. The lowest BCUT2D eigenvalue weighted by molar-refractivity contribution is -0.137. The third-order valence-electron chi connectivity index (χ3n) is 6.82. The minimum atomic E-state index is -0.948. The normalized spacial score (nSPS) is 21.3. The van der Waals surface area contributed by atoms with Crippen molar-refractivity contribution >= 4 is 17.8 Å². The summed E-state index contributed by atoms with van der Waals surface area (Å²) in [5.41, 5.74) is 5.23. The number of hydrogen-bond acceptors (Lipinski definition) is 3. The molecule has 6 nitrogen and oxygen atoms in total. The lowest BCUT2D eigenvalue weighted by atomic mass is 9.70. The van der Waals surface area contributed by atoms with Crippen molar-refractivity contribution in [1.29, 1.82) is 0 Å². The first-order chi connectivity index (χ1) is 16.5. The molecular formula is C29H38N2O4. The molecule has 1 aliphatic carbocycles. The molecule has 0 aromatic heterocycles. The van der Waals surface area contributed by atoms with Crippen molar-refractivity contribution in [2.24, 2.45) is 11.3 Å². The SMILES string of the molecule is CC(C)=C/C=C1/CC(=O)N(Cc2ccc(C(=O)NCCC(=O)O)cc2)C2CCC(C(C)(C)C)C=C12. The van der Waals surface area contributed by atoms with Gasteiger partial charge in [0.25, 0.3) is 5.91 Å². The summed E-state index contributed by atoms with van der Waals surface area (Å²) >= 11 is 0. The van der Waals surface area contributed by atoms with E-state index in [1.54, 1.807) is 12.1 Å². The Bertz CT molecular complexity index is 1050. The van der Waals surface area contributed by atoms with Crippen molar-refractivity contribution in [3.63, 3.8) is 0 Å². The van der Waals surface area contributed by atoms with E-state index in [9.17, 15) is 14.4 Å². The Hall–Kier alpha value is -3.15. The summed E-state index contributed by atoms with van der Waals surface area (Å²) in [6.45, 7) is 11.5. The van der Waals surface area contributed by atoms with E-state index in [1.165, 1.54) is 11.1 Å². The highest BCUT2D eigenvalue weighted by atomic mass is 16.4. The molecule has 2 unspecified atom stereocenters. The van der Waals surface area contributed by atoms with Crippen LogP contribution in [0.15, 0.2) is 59.2 Å². The highest BCUT2D eigenvalue weighted by Crippen LogP contribution is 2.43. The molecule has 1 aliphatic heterocycles. The summed E-state index contributed by atoms with van der Waals surface area (Å²) in [6, 6.07) is 7.27. The van der Waals surface area contributed by atoms with Gasteiger partial charge in [0.1, 0.15) is 0 Å². The van der Waals surface area contributed by atoms with Crippen LogP contribution >= 0.6 is 0 Å². The largest absolute Gasteiger partial charge is 0.481 e. The number of nitrogens with zero attached hydrogens (tertiary/aromatic N) is 1. The van der Waals surface area contributed by atoms with Gasteiger partial charge in [-0.3, -0.25) is 14.4 Å². The highest BCUT2D eigenvalue weighted by Gasteiger charge is 2.39. The van der Waals surface area contributed by atoms with Crippen LogP contribution in [-0.2, 0) is 16.1 Å². The van der Waals surface area contributed by atoms with E-state index in [4.69, 9.17) is 5.11 Å². The molecule has 1 aromatic rings. The summed E-state index contributed by atoms with van der Waals surface area (Å²) < 4.78 is 0. The molecule has 0 spiro atoms. The van der Waals surface area contributed by atoms with Crippen molar-refractivity contribution in [3.05, 3.63) is 70.3 Å². The molecule has 3 rings (SSSR count). The number of benzene rings is 1. The maximum absolute atomic E-state index is 13.3. The maximum Gasteiger partial charge on any atom is 0.305 e. The number of piperidine rings is 1. The number of carboxylic acids is 1. The number of hydrogen-bond donors (Lipinski definition) is 2. The summed E-state index contributed by atoms with van der Waals surface area (Å²) in [5.74, 6) is -0.648. The van der Waals surface area contributed by atoms with E-state index >= 15 is 0 Å². The zero-order valence-electron chi connectivity index (χ0n) is 21.6. The van der Waals surface area contributed by atoms with Crippen LogP contribution in [0.4, 0.5) is 0 Å². The molecule has 35 heavy (non-hydrogen) atoms. The predicted octanol–water partition coefficient (Wildman–Crippen LogP) is 5.27. The zero-order chi connectivity index (χ0) is 25.8. The van der Waals surface area contributed by atoms with Gasteiger partial charge in [0, 0.05) is 18.7 Å². The average Bonchev–Trinajstić information content (AvgIpc) is 2.78. The number of nitrogens with one attached hydrogen (secondary N) is 1. The van der Waals surface area contributed by atoms with Gasteiger partial charge >= 0.3 is 5.97 Å². The fourth-order valence-electron chi connectivity index (χ4n) is 4.74. The molecule has 1 heterocycles. The van der Waals surface area contributed by atoms with Gasteiger partial charge in [-0.05, 0) is 66.9 Å². The molecule has 0 radical (unpaired) electrons. The Balaban J connectivity index is 1.80. The molecule has 2 amide bonds. The number of amides is 2. The first kappa shape index (κ1) is 26.5. The average molecular weight is 479 g/mol. The fraction of sp³-hybridized carbons (Fsp3) is 0.483. The minimum Gasteiger partial charge on any atom is -0.481 e. The van der Waals surface area contributed by atoms with E-state index in [0.29, 0.717) is 24.4 Å². The number of fused-ring (bicyclic) bond motifs is 1. The van der Waals surface area contributed by atoms with Gasteiger partial charge in [0.2, 0.25) is 5.91 Å². The first-order valence-corrected chi connectivity index (χ1v) is 12.4. The number of carbonyl (C=O) groups is 3. The Labute approximate surface area is 208 Å². The Kier molecular flexibility index (Phi) is 8.36. The van der Waals surface area contributed by atoms with E-state index in [2.05, 4.69) is 58.2 Å². The standard InChI is InChI=1S/C29H38N2O4/c1-19(2)6-9-22-16-26(32)31(25-13-12-23(17-24(22)25)29(3,4)5)18-20-7-10-21(11-8-20)28(35)30-15-14-27(33)34/h6-11,17,23,25H,12-16,18H2,1-5H3,(H,30,35)(H,33,34)/b22-9-. The Morgan fingerprint density at radius 2 is 1.83 bits per heavy atom.